The first-order chi connectivity index (χ1) is 11.6. The van der Waals surface area contributed by atoms with Gasteiger partial charge in [0.1, 0.15) is 0 Å². The number of imide groups is 1. The third-order valence-electron chi connectivity index (χ3n) is 5.01. The fraction of sp³-hybridized carbons (Fsp3) is 0.500. The first-order valence-corrected chi connectivity index (χ1v) is 8.41. The number of hydrogen-bond donors (Lipinski definition) is 1. The number of hydrogen-bond acceptors (Lipinski definition) is 4. The van der Waals surface area contributed by atoms with E-state index in [0.29, 0.717) is 38.9 Å². The molecule has 0 saturated carbocycles. The Labute approximate surface area is 141 Å². The normalized spacial score (nSPS) is 23.0. The third kappa shape index (κ3) is 3.48. The van der Waals surface area contributed by atoms with E-state index in [0.717, 1.165) is 5.56 Å². The van der Waals surface area contributed by atoms with Crippen molar-refractivity contribution in [2.24, 2.45) is 5.92 Å². The molecule has 2 heterocycles. The van der Waals surface area contributed by atoms with Crippen LogP contribution in [0.3, 0.4) is 0 Å². The Morgan fingerprint density at radius 1 is 1.12 bits per heavy atom. The molecule has 2 fully saturated rings. The molecule has 2 aliphatic heterocycles. The molecule has 0 aliphatic carbocycles. The summed E-state index contributed by atoms with van der Waals surface area (Å²) < 4.78 is 0. The van der Waals surface area contributed by atoms with E-state index < -0.39 is 12.0 Å². The van der Waals surface area contributed by atoms with Gasteiger partial charge in [-0.25, -0.2) is 0 Å². The predicted octanol–water partition coefficient (Wildman–Crippen LogP) is 1.15. The highest BCUT2D eigenvalue weighted by molar-refractivity contribution is 6.05. The first-order valence-electron chi connectivity index (χ1n) is 8.41. The van der Waals surface area contributed by atoms with Gasteiger partial charge in [-0.2, -0.15) is 0 Å². The summed E-state index contributed by atoms with van der Waals surface area (Å²) in [6.07, 6.45) is 1.95. The second kappa shape index (κ2) is 7.13. The summed E-state index contributed by atoms with van der Waals surface area (Å²) in [4.78, 5) is 39.2. The summed E-state index contributed by atoms with van der Waals surface area (Å²) in [5.74, 6) is -1.36. The van der Waals surface area contributed by atoms with E-state index >= 15 is 0 Å². The Morgan fingerprint density at radius 2 is 1.79 bits per heavy atom. The number of piperidine rings is 1. The number of nitrogens with zero attached hydrogens (tertiary/aromatic N) is 2. The van der Waals surface area contributed by atoms with E-state index in [-0.39, 0.29) is 24.2 Å². The zero-order valence-corrected chi connectivity index (χ0v) is 13.6. The molecule has 1 unspecified atom stereocenters. The molecular formula is C18H22N2O4. The second-order valence-electron chi connectivity index (χ2n) is 6.49. The molecule has 128 valence electrons. The van der Waals surface area contributed by atoms with Gasteiger partial charge >= 0.3 is 5.97 Å². The number of carboxylic acid groups (broad SMARTS) is 1. The first kappa shape index (κ1) is 16.6. The summed E-state index contributed by atoms with van der Waals surface area (Å²) in [5, 5.41) is 9.06. The van der Waals surface area contributed by atoms with Crippen molar-refractivity contribution in [3.8, 4) is 0 Å². The number of rotatable bonds is 5. The van der Waals surface area contributed by atoms with Crippen molar-refractivity contribution in [1.82, 2.24) is 9.80 Å². The molecule has 1 aromatic rings. The lowest BCUT2D eigenvalue weighted by molar-refractivity contribution is -0.143. The highest BCUT2D eigenvalue weighted by Crippen LogP contribution is 2.25. The summed E-state index contributed by atoms with van der Waals surface area (Å²) >= 11 is 0. The molecule has 2 amide bonds. The van der Waals surface area contributed by atoms with Crippen LogP contribution in [0.5, 0.6) is 0 Å². The maximum atomic E-state index is 12.6. The van der Waals surface area contributed by atoms with Crippen molar-refractivity contribution in [1.29, 1.82) is 0 Å². The molecule has 24 heavy (non-hydrogen) atoms. The minimum absolute atomic E-state index is 0.124. The molecule has 2 saturated heterocycles. The van der Waals surface area contributed by atoms with Crippen LogP contribution in [0.1, 0.15) is 24.8 Å². The number of likely N-dealkylation sites (tertiary alicyclic amines) is 2. The highest BCUT2D eigenvalue weighted by atomic mass is 16.4. The highest BCUT2D eigenvalue weighted by Gasteiger charge is 2.42. The lowest BCUT2D eigenvalue weighted by Crippen LogP contribution is -2.47. The van der Waals surface area contributed by atoms with Crippen LogP contribution >= 0.6 is 0 Å². The number of aliphatic carboxylic acids is 1. The van der Waals surface area contributed by atoms with Gasteiger partial charge in [0.2, 0.25) is 11.8 Å². The van der Waals surface area contributed by atoms with Crippen molar-refractivity contribution in [2.45, 2.75) is 31.7 Å². The standard InChI is InChI=1S/C18H22N2O4/c21-16-12-15(19-9-7-14(8-10-19)18(23)24)17(22)20(16)11-6-13-4-2-1-3-5-13/h1-5,14-15H,6-12H2,(H,23,24). The molecule has 0 radical (unpaired) electrons. The van der Waals surface area contributed by atoms with Crippen molar-refractivity contribution >= 4 is 17.8 Å². The molecule has 0 bridgehead atoms. The number of amides is 2. The molecule has 3 rings (SSSR count). The molecule has 1 aromatic carbocycles. The van der Waals surface area contributed by atoms with E-state index in [1.807, 2.05) is 35.2 Å². The summed E-state index contributed by atoms with van der Waals surface area (Å²) in [6.45, 7) is 1.53. The van der Waals surface area contributed by atoms with Gasteiger partial charge in [0, 0.05) is 6.54 Å². The molecule has 2 aliphatic rings. The van der Waals surface area contributed by atoms with Crippen molar-refractivity contribution in [3.05, 3.63) is 35.9 Å². The number of carboxylic acids is 1. The van der Waals surface area contributed by atoms with Crippen LogP contribution in [0.2, 0.25) is 0 Å². The van der Waals surface area contributed by atoms with Crippen LogP contribution in [0.15, 0.2) is 30.3 Å². The summed E-state index contributed by atoms with van der Waals surface area (Å²) in [7, 11) is 0. The fourth-order valence-electron chi connectivity index (χ4n) is 3.53. The van der Waals surface area contributed by atoms with E-state index in [1.54, 1.807) is 0 Å². The largest absolute Gasteiger partial charge is 0.481 e. The average molecular weight is 330 g/mol. The minimum atomic E-state index is -0.770. The number of carbonyl (C=O) groups is 3. The second-order valence-corrected chi connectivity index (χ2v) is 6.49. The van der Waals surface area contributed by atoms with E-state index in [1.165, 1.54) is 4.90 Å². The van der Waals surface area contributed by atoms with Gasteiger partial charge in [-0.15, -0.1) is 0 Å². The predicted molar refractivity (Wildman–Crippen MR) is 87.2 cm³/mol. The van der Waals surface area contributed by atoms with Crippen molar-refractivity contribution in [3.63, 3.8) is 0 Å². The zero-order valence-electron chi connectivity index (χ0n) is 13.6. The molecular weight excluding hydrogens is 308 g/mol. The van der Waals surface area contributed by atoms with Crippen LogP contribution < -0.4 is 0 Å². The zero-order chi connectivity index (χ0) is 17.1. The van der Waals surface area contributed by atoms with E-state index in [2.05, 4.69) is 0 Å². The molecule has 6 heteroatoms. The topological polar surface area (TPSA) is 77.9 Å². The van der Waals surface area contributed by atoms with Crippen LogP contribution in [0.25, 0.3) is 0 Å². The van der Waals surface area contributed by atoms with Crippen LogP contribution in [0, 0.1) is 5.92 Å². The smallest absolute Gasteiger partial charge is 0.306 e. The maximum absolute atomic E-state index is 12.6. The monoisotopic (exact) mass is 330 g/mol. The SMILES string of the molecule is O=C(O)C1CCN(C2CC(=O)N(CCc3ccccc3)C2=O)CC1. The van der Waals surface area contributed by atoms with Crippen LogP contribution in [0.4, 0.5) is 0 Å². The molecule has 0 aromatic heterocycles. The third-order valence-corrected chi connectivity index (χ3v) is 5.01. The molecule has 0 spiro atoms. The molecule has 1 N–H and O–H groups in total. The Kier molecular flexibility index (Phi) is 4.94. The van der Waals surface area contributed by atoms with E-state index in [9.17, 15) is 14.4 Å². The molecule has 6 nitrogen and oxygen atoms in total. The lowest BCUT2D eigenvalue weighted by Gasteiger charge is -2.33. The Balaban J connectivity index is 1.57. The average Bonchev–Trinajstić information content (AvgIpc) is 2.88. The van der Waals surface area contributed by atoms with Crippen LogP contribution in [-0.4, -0.2) is 58.4 Å². The minimum Gasteiger partial charge on any atom is -0.481 e. The van der Waals surface area contributed by atoms with Crippen molar-refractivity contribution in [2.75, 3.05) is 19.6 Å². The Bertz CT molecular complexity index is 623. The number of benzene rings is 1. The maximum Gasteiger partial charge on any atom is 0.306 e. The Hall–Kier alpha value is -2.21. The van der Waals surface area contributed by atoms with Gasteiger partial charge in [-0.1, -0.05) is 30.3 Å². The van der Waals surface area contributed by atoms with Gasteiger partial charge in [0.25, 0.3) is 0 Å². The van der Waals surface area contributed by atoms with E-state index in [4.69, 9.17) is 5.11 Å². The lowest BCUT2D eigenvalue weighted by atomic mass is 9.96. The van der Waals surface area contributed by atoms with Gasteiger partial charge < -0.3 is 5.11 Å². The summed E-state index contributed by atoms with van der Waals surface area (Å²) in [5.41, 5.74) is 1.10. The van der Waals surface area contributed by atoms with Gasteiger partial charge in [0.15, 0.2) is 0 Å². The summed E-state index contributed by atoms with van der Waals surface area (Å²) in [6, 6.07) is 9.38. The fourth-order valence-corrected chi connectivity index (χ4v) is 3.53. The van der Waals surface area contributed by atoms with Crippen molar-refractivity contribution < 1.29 is 19.5 Å². The quantitative estimate of drug-likeness (QED) is 0.820. The molecule has 1 atom stereocenters. The van der Waals surface area contributed by atoms with Gasteiger partial charge in [-0.05, 0) is 37.9 Å². The van der Waals surface area contributed by atoms with Gasteiger partial charge in [0.05, 0.1) is 18.4 Å². The number of carbonyl (C=O) groups excluding carboxylic acids is 2. The van der Waals surface area contributed by atoms with Gasteiger partial charge in [-0.3, -0.25) is 24.2 Å². The Morgan fingerprint density at radius 3 is 2.42 bits per heavy atom. The van der Waals surface area contributed by atoms with Crippen LogP contribution in [-0.2, 0) is 20.8 Å².